The van der Waals surface area contributed by atoms with Crippen LogP contribution in [-0.4, -0.2) is 16.3 Å². The summed E-state index contributed by atoms with van der Waals surface area (Å²) in [5.41, 5.74) is 3.27. The molecule has 1 heterocycles. The van der Waals surface area contributed by atoms with Gasteiger partial charge in [0.25, 0.3) is 0 Å². The van der Waals surface area contributed by atoms with E-state index in [0.29, 0.717) is 5.92 Å². The van der Waals surface area contributed by atoms with Gasteiger partial charge in [0.15, 0.2) is 0 Å². The van der Waals surface area contributed by atoms with Gasteiger partial charge in [0.05, 0.1) is 17.6 Å². The predicted molar refractivity (Wildman–Crippen MR) is 75.0 cm³/mol. The minimum atomic E-state index is -0.227. The highest BCUT2D eigenvalue weighted by molar-refractivity contribution is 5.36. The lowest BCUT2D eigenvalue weighted by Crippen LogP contribution is -2.14. The minimum Gasteiger partial charge on any atom is -0.313 e. The number of aromatic nitrogens is 2. The number of hydrogen-bond donors (Lipinski definition) is 1. The lowest BCUT2D eigenvalue weighted by atomic mass is 10.1. The standard InChI is InChI=1S/C15H20FN3/c1-4-17-9-12-10-18-19(15(12)11(2)3)14-7-5-13(16)6-8-14/h5-8,10-11,17H,4,9H2,1-3H3. The van der Waals surface area contributed by atoms with Crippen LogP contribution in [0.5, 0.6) is 0 Å². The van der Waals surface area contributed by atoms with Gasteiger partial charge in [-0.2, -0.15) is 5.10 Å². The van der Waals surface area contributed by atoms with Gasteiger partial charge in [-0.1, -0.05) is 20.8 Å². The first-order chi connectivity index (χ1) is 9.13. The summed E-state index contributed by atoms with van der Waals surface area (Å²) >= 11 is 0. The number of nitrogens with one attached hydrogen (secondary N) is 1. The van der Waals surface area contributed by atoms with E-state index in [0.717, 1.165) is 18.8 Å². The smallest absolute Gasteiger partial charge is 0.123 e. The van der Waals surface area contributed by atoms with E-state index in [1.807, 2.05) is 10.9 Å². The quantitative estimate of drug-likeness (QED) is 0.895. The van der Waals surface area contributed by atoms with Crippen molar-refractivity contribution in [2.24, 2.45) is 0 Å². The van der Waals surface area contributed by atoms with Gasteiger partial charge in [-0.05, 0) is 36.7 Å². The highest BCUT2D eigenvalue weighted by Gasteiger charge is 2.15. The molecule has 1 N–H and O–H groups in total. The SMILES string of the molecule is CCNCc1cnn(-c2ccc(F)cc2)c1C(C)C. The van der Waals surface area contributed by atoms with Crippen molar-refractivity contribution in [2.45, 2.75) is 33.2 Å². The maximum absolute atomic E-state index is 13.0. The van der Waals surface area contributed by atoms with Crippen LogP contribution in [0, 0.1) is 5.82 Å². The van der Waals surface area contributed by atoms with Gasteiger partial charge in [-0.25, -0.2) is 9.07 Å². The summed E-state index contributed by atoms with van der Waals surface area (Å²) in [7, 11) is 0. The van der Waals surface area contributed by atoms with Crippen molar-refractivity contribution in [2.75, 3.05) is 6.54 Å². The Morgan fingerprint density at radius 1 is 1.26 bits per heavy atom. The van der Waals surface area contributed by atoms with Crippen molar-refractivity contribution >= 4 is 0 Å². The first-order valence-electron chi connectivity index (χ1n) is 6.67. The van der Waals surface area contributed by atoms with Crippen LogP contribution in [0.4, 0.5) is 4.39 Å². The third-order valence-corrected chi connectivity index (χ3v) is 3.07. The van der Waals surface area contributed by atoms with Crippen molar-refractivity contribution in [1.29, 1.82) is 0 Å². The fourth-order valence-electron chi connectivity index (χ4n) is 2.19. The van der Waals surface area contributed by atoms with Crippen LogP contribution in [0.2, 0.25) is 0 Å². The van der Waals surface area contributed by atoms with Crippen LogP contribution in [0.1, 0.15) is 37.9 Å². The summed E-state index contributed by atoms with van der Waals surface area (Å²) in [6, 6.07) is 6.44. The molecule has 0 bridgehead atoms. The molecule has 0 radical (unpaired) electrons. The zero-order chi connectivity index (χ0) is 13.8. The molecule has 0 saturated heterocycles. The van der Waals surface area contributed by atoms with Gasteiger partial charge in [0.1, 0.15) is 5.82 Å². The topological polar surface area (TPSA) is 29.9 Å². The molecule has 0 saturated carbocycles. The third-order valence-electron chi connectivity index (χ3n) is 3.07. The predicted octanol–water partition coefficient (Wildman–Crippen LogP) is 3.24. The van der Waals surface area contributed by atoms with Gasteiger partial charge in [0, 0.05) is 12.1 Å². The van der Waals surface area contributed by atoms with Gasteiger partial charge >= 0.3 is 0 Å². The normalized spacial score (nSPS) is 11.2. The van der Waals surface area contributed by atoms with Crippen molar-refractivity contribution in [3.05, 3.63) is 47.5 Å². The monoisotopic (exact) mass is 261 g/mol. The molecule has 2 aromatic rings. The van der Waals surface area contributed by atoms with Gasteiger partial charge < -0.3 is 5.32 Å². The fourth-order valence-corrected chi connectivity index (χ4v) is 2.19. The number of halogens is 1. The molecule has 19 heavy (non-hydrogen) atoms. The molecular weight excluding hydrogens is 241 g/mol. The second kappa shape index (κ2) is 5.97. The number of benzene rings is 1. The van der Waals surface area contributed by atoms with Crippen molar-refractivity contribution in [3.63, 3.8) is 0 Å². The van der Waals surface area contributed by atoms with Crippen LogP contribution in [0.15, 0.2) is 30.5 Å². The second-order valence-corrected chi connectivity index (χ2v) is 4.88. The lowest BCUT2D eigenvalue weighted by Gasteiger charge is -2.13. The molecule has 0 aliphatic rings. The Morgan fingerprint density at radius 2 is 1.95 bits per heavy atom. The summed E-state index contributed by atoms with van der Waals surface area (Å²) in [6.45, 7) is 8.11. The first-order valence-corrected chi connectivity index (χ1v) is 6.67. The van der Waals surface area contributed by atoms with E-state index in [2.05, 4.69) is 31.2 Å². The zero-order valence-corrected chi connectivity index (χ0v) is 11.7. The Balaban J connectivity index is 2.39. The third kappa shape index (κ3) is 3.01. The van der Waals surface area contributed by atoms with Crippen LogP contribution in [-0.2, 0) is 6.54 Å². The summed E-state index contributed by atoms with van der Waals surface area (Å²) in [6.07, 6.45) is 1.89. The summed E-state index contributed by atoms with van der Waals surface area (Å²) in [4.78, 5) is 0. The molecule has 4 heteroatoms. The largest absolute Gasteiger partial charge is 0.313 e. The minimum absolute atomic E-state index is 0.227. The molecule has 0 aliphatic carbocycles. The summed E-state index contributed by atoms with van der Waals surface area (Å²) in [5.74, 6) is 0.135. The van der Waals surface area contributed by atoms with Crippen molar-refractivity contribution in [1.82, 2.24) is 15.1 Å². The van der Waals surface area contributed by atoms with Crippen LogP contribution in [0.25, 0.3) is 5.69 Å². The molecular formula is C15H20FN3. The Hall–Kier alpha value is -1.68. The summed E-state index contributed by atoms with van der Waals surface area (Å²) in [5, 5.41) is 7.76. The maximum atomic E-state index is 13.0. The molecule has 1 aromatic heterocycles. The molecule has 0 aliphatic heterocycles. The van der Waals surface area contributed by atoms with Gasteiger partial charge in [-0.15, -0.1) is 0 Å². The Morgan fingerprint density at radius 3 is 2.53 bits per heavy atom. The number of hydrogen-bond acceptors (Lipinski definition) is 2. The van der Waals surface area contributed by atoms with E-state index in [-0.39, 0.29) is 5.82 Å². The van der Waals surface area contributed by atoms with E-state index in [1.54, 1.807) is 12.1 Å². The molecule has 0 atom stereocenters. The average Bonchev–Trinajstić information content (AvgIpc) is 2.81. The van der Waals surface area contributed by atoms with E-state index in [9.17, 15) is 4.39 Å². The fraction of sp³-hybridized carbons (Fsp3) is 0.400. The van der Waals surface area contributed by atoms with E-state index in [4.69, 9.17) is 0 Å². The zero-order valence-electron chi connectivity index (χ0n) is 11.7. The number of rotatable bonds is 5. The van der Waals surface area contributed by atoms with Crippen LogP contribution < -0.4 is 5.32 Å². The maximum Gasteiger partial charge on any atom is 0.123 e. The number of nitrogens with zero attached hydrogens (tertiary/aromatic N) is 2. The van der Waals surface area contributed by atoms with Gasteiger partial charge in [-0.3, -0.25) is 0 Å². The molecule has 2 rings (SSSR count). The second-order valence-electron chi connectivity index (χ2n) is 4.88. The van der Waals surface area contributed by atoms with Gasteiger partial charge in [0.2, 0.25) is 0 Å². The Labute approximate surface area is 113 Å². The average molecular weight is 261 g/mol. The molecule has 3 nitrogen and oxygen atoms in total. The highest BCUT2D eigenvalue weighted by atomic mass is 19.1. The Bertz CT molecular complexity index is 529. The Kier molecular flexibility index (Phi) is 4.32. The molecule has 102 valence electrons. The highest BCUT2D eigenvalue weighted by Crippen LogP contribution is 2.23. The van der Waals surface area contributed by atoms with E-state index < -0.39 is 0 Å². The van der Waals surface area contributed by atoms with E-state index >= 15 is 0 Å². The molecule has 0 fully saturated rings. The van der Waals surface area contributed by atoms with Crippen molar-refractivity contribution < 1.29 is 4.39 Å². The van der Waals surface area contributed by atoms with Crippen LogP contribution in [0.3, 0.4) is 0 Å². The molecule has 0 unspecified atom stereocenters. The summed E-state index contributed by atoms with van der Waals surface area (Å²) < 4.78 is 14.9. The molecule has 1 aromatic carbocycles. The molecule has 0 spiro atoms. The lowest BCUT2D eigenvalue weighted by molar-refractivity contribution is 0.626. The van der Waals surface area contributed by atoms with Crippen LogP contribution >= 0.6 is 0 Å². The molecule has 0 amide bonds. The van der Waals surface area contributed by atoms with E-state index in [1.165, 1.54) is 23.4 Å². The van der Waals surface area contributed by atoms with Crippen molar-refractivity contribution in [3.8, 4) is 5.69 Å². The first kappa shape index (κ1) is 13.7.